The van der Waals surface area contributed by atoms with Gasteiger partial charge in [-0.05, 0) is 31.0 Å². The molecule has 0 saturated carbocycles. The summed E-state index contributed by atoms with van der Waals surface area (Å²) in [6.45, 7) is 3.90. The second-order valence-electron chi connectivity index (χ2n) is 5.84. The SMILES string of the molecule is Cc1cccc(N2CCCc3oc(-c4cnccn4)nc3C2)c1. The Bertz CT molecular complexity index is 813. The zero-order valence-corrected chi connectivity index (χ0v) is 13.1. The fraction of sp³-hybridized carbons (Fsp3) is 0.278. The van der Waals surface area contributed by atoms with Crippen molar-refractivity contribution in [3.8, 4) is 11.6 Å². The number of anilines is 1. The quantitative estimate of drug-likeness (QED) is 0.726. The predicted octanol–water partition coefficient (Wildman–Crippen LogP) is 3.39. The van der Waals surface area contributed by atoms with Gasteiger partial charge in [0.2, 0.25) is 5.89 Å². The van der Waals surface area contributed by atoms with Crippen LogP contribution in [0.25, 0.3) is 11.6 Å². The molecular weight excluding hydrogens is 288 g/mol. The van der Waals surface area contributed by atoms with Crippen molar-refractivity contribution in [1.29, 1.82) is 0 Å². The van der Waals surface area contributed by atoms with Crippen LogP contribution in [0.1, 0.15) is 23.4 Å². The van der Waals surface area contributed by atoms with Crippen LogP contribution in [-0.2, 0) is 13.0 Å². The van der Waals surface area contributed by atoms with E-state index in [-0.39, 0.29) is 0 Å². The summed E-state index contributed by atoms with van der Waals surface area (Å²) >= 11 is 0. The average molecular weight is 306 g/mol. The highest BCUT2D eigenvalue weighted by molar-refractivity contribution is 5.50. The largest absolute Gasteiger partial charge is 0.439 e. The van der Waals surface area contributed by atoms with Crippen molar-refractivity contribution >= 4 is 5.69 Å². The standard InChI is InChI=1S/C18H18N4O/c1-13-4-2-5-14(10-13)22-9-3-6-17-16(12-22)21-18(23-17)15-11-19-7-8-20-15/h2,4-5,7-8,10-11H,3,6,9,12H2,1H3. The minimum absolute atomic E-state index is 0.564. The van der Waals surface area contributed by atoms with Gasteiger partial charge in [-0.1, -0.05) is 12.1 Å². The van der Waals surface area contributed by atoms with Crippen molar-refractivity contribution in [2.75, 3.05) is 11.4 Å². The van der Waals surface area contributed by atoms with E-state index < -0.39 is 0 Å². The highest BCUT2D eigenvalue weighted by atomic mass is 16.4. The Labute approximate surface area is 135 Å². The van der Waals surface area contributed by atoms with Crippen LogP contribution < -0.4 is 4.90 Å². The van der Waals surface area contributed by atoms with E-state index in [1.54, 1.807) is 18.6 Å². The summed E-state index contributed by atoms with van der Waals surface area (Å²) in [5.41, 5.74) is 4.20. The molecule has 0 saturated heterocycles. The van der Waals surface area contributed by atoms with Crippen LogP contribution in [0.3, 0.4) is 0 Å². The Hall–Kier alpha value is -2.69. The molecule has 1 aliphatic rings. The highest BCUT2D eigenvalue weighted by Crippen LogP contribution is 2.27. The van der Waals surface area contributed by atoms with E-state index in [0.717, 1.165) is 37.4 Å². The molecule has 2 aromatic heterocycles. The summed E-state index contributed by atoms with van der Waals surface area (Å²) < 4.78 is 5.94. The smallest absolute Gasteiger partial charge is 0.247 e. The van der Waals surface area contributed by atoms with Crippen molar-refractivity contribution in [3.63, 3.8) is 0 Å². The molecular formula is C18H18N4O. The number of nitrogens with zero attached hydrogens (tertiary/aromatic N) is 4. The average Bonchev–Trinajstić information content (AvgIpc) is 2.87. The van der Waals surface area contributed by atoms with Gasteiger partial charge in [0.05, 0.1) is 12.7 Å². The van der Waals surface area contributed by atoms with Crippen molar-refractivity contribution in [3.05, 3.63) is 59.9 Å². The molecule has 5 heteroatoms. The molecule has 5 nitrogen and oxygen atoms in total. The molecule has 0 bridgehead atoms. The lowest BCUT2D eigenvalue weighted by molar-refractivity contribution is 0.511. The van der Waals surface area contributed by atoms with Crippen LogP contribution in [0, 0.1) is 6.92 Å². The first-order valence-electron chi connectivity index (χ1n) is 7.86. The van der Waals surface area contributed by atoms with Crippen molar-refractivity contribution in [2.24, 2.45) is 0 Å². The normalized spacial score (nSPS) is 14.4. The molecule has 23 heavy (non-hydrogen) atoms. The molecule has 0 fully saturated rings. The van der Waals surface area contributed by atoms with Gasteiger partial charge in [0.15, 0.2) is 0 Å². The van der Waals surface area contributed by atoms with Crippen LogP contribution >= 0.6 is 0 Å². The molecule has 0 spiro atoms. The maximum atomic E-state index is 5.94. The van der Waals surface area contributed by atoms with E-state index in [0.29, 0.717) is 11.6 Å². The van der Waals surface area contributed by atoms with E-state index in [4.69, 9.17) is 4.42 Å². The molecule has 116 valence electrons. The van der Waals surface area contributed by atoms with E-state index >= 15 is 0 Å². The summed E-state index contributed by atoms with van der Waals surface area (Å²) in [5.74, 6) is 1.54. The lowest BCUT2D eigenvalue weighted by Crippen LogP contribution is -2.22. The Morgan fingerprint density at radius 1 is 1.22 bits per heavy atom. The third-order valence-electron chi connectivity index (χ3n) is 4.10. The maximum Gasteiger partial charge on any atom is 0.247 e. The molecule has 0 radical (unpaired) electrons. The monoisotopic (exact) mass is 306 g/mol. The fourth-order valence-electron chi connectivity index (χ4n) is 2.96. The van der Waals surface area contributed by atoms with Crippen molar-refractivity contribution in [2.45, 2.75) is 26.3 Å². The zero-order chi connectivity index (χ0) is 15.6. The summed E-state index contributed by atoms with van der Waals surface area (Å²) in [6, 6.07) is 8.59. The number of aryl methyl sites for hydroxylation is 2. The second kappa shape index (κ2) is 5.83. The van der Waals surface area contributed by atoms with Gasteiger partial charge in [0, 0.05) is 31.0 Å². The lowest BCUT2D eigenvalue weighted by atomic mass is 10.2. The molecule has 4 rings (SSSR count). The van der Waals surface area contributed by atoms with Gasteiger partial charge in [-0.2, -0.15) is 0 Å². The Morgan fingerprint density at radius 3 is 3.00 bits per heavy atom. The maximum absolute atomic E-state index is 5.94. The fourth-order valence-corrected chi connectivity index (χ4v) is 2.96. The first-order chi connectivity index (χ1) is 11.3. The molecule has 3 heterocycles. The molecule has 0 atom stereocenters. The third kappa shape index (κ3) is 2.82. The van der Waals surface area contributed by atoms with Crippen LogP contribution in [0.2, 0.25) is 0 Å². The highest BCUT2D eigenvalue weighted by Gasteiger charge is 2.21. The molecule has 0 unspecified atom stereocenters. The number of aromatic nitrogens is 3. The van der Waals surface area contributed by atoms with E-state index in [1.807, 2.05) is 0 Å². The Morgan fingerprint density at radius 2 is 2.17 bits per heavy atom. The number of hydrogen-bond acceptors (Lipinski definition) is 5. The Balaban J connectivity index is 1.65. The van der Waals surface area contributed by atoms with E-state index in [1.165, 1.54) is 11.3 Å². The van der Waals surface area contributed by atoms with Gasteiger partial charge < -0.3 is 9.32 Å². The van der Waals surface area contributed by atoms with Crippen molar-refractivity contribution < 1.29 is 4.42 Å². The van der Waals surface area contributed by atoms with Gasteiger partial charge in [0.25, 0.3) is 0 Å². The van der Waals surface area contributed by atoms with Crippen LogP contribution in [-0.4, -0.2) is 21.5 Å². The van der Waals surface area contributed by atoms with Gasteiger partial charge >= 0.3 is 0 Å². The molecule has 0 N–H and O–H groups in total. The van der Waals surface area contributed by atoms with Gasteiger partial charge in [0.1, 0.15) is 17.1 Å². The van der Waals surface area contributed by atoms with Crippen LogP contribution in [0.15, 0.2) is 47.3 Å². The summed E-state index contributed by atoms with van der Waals surface area (Å²) in [5, 5.41) is 0. The predicted molar refractivity (Wildman–Crippen MR) is 88.1 cm³/mol. The topological polar surface area (TPSA) is 55.1 Å². The number of rotatable bonds is 2. The van der Waals surface area contributed by atoms with Crippen LogP contribution in [0.4, 0.5) is 5.69 Å². The lowest BCUT2D eigenvalue weighted by Gasteiger charge is -2.22. The molecule has 0 aliphatic carbocycles. The van der Waals surface area contributed by atoms with Gasteiger partial charge in [-0.3, -0.25) is 4.98 Å². The van der Waals surface area contributed by atoms with Gasteiger partial charge in [-0.15, -0.1) is 0 Å². The minimum Gasteiger partial charge on any atom is -0.439 e. The molecule has 3 aromatic rings. The zero-order valence-electron chi connectivity index (χ0n) is 13.1. The van der Waals surface area contributed by atoms with E-state index in [9.17, 15) is 0 Å². The second-order valence-corrected chi connectivity index (χ2v) is 5.84. The molecule has 1 aromatic carbocycles. The molecule has 0 amide bonds. The first kappa shape index (κ1) is 13.9. The first-order valence-corrected chi connectivity index (χ1v) is 7.86. The molecule has 1 aliphatic heterocycles. The van der Waals surface area contributed by atoms with Crippen LogP contribution in [0.5, 0.6) is 0 Å². The number of hydrogen-bond donors (Lipinski definition) is 0. The minimum atomic E-state index is 0.564. The number of benzene rings is 1. The summed E-state index contributed by atoms with van der Waals surface area (Å²) in [6.07, 6.45) is 6.95. The third-order valence-corrected chi connectivity index (χ3v) is 4.10. The van der Waals surface area contributed by atoms with Gasteiger partial charge in [-0.25, -0.2) is 9.97 Å². The van der Waals surface area contributed by atoms with E-state index in [2.05, 4.69) is 51.0 Å². The summed E-state index contributed by atoms with van der Waals surface area (Å²) in [4.78, 5) is 15.4. The number of fused-ring (bicyclic) bond motifs is 1. The Kier molecular flexibility index (Phi) is 3.54. The summed E-state index contributed by atoms with van der Waals surface area (Å²) in [7, 11) is 0. The number of oxazole rings is 1. The van der Waals surface area contributed by atoms with Crippen molar-refractivity contribution in [1.82, 2.24) is 15.0 Å².